The minimum atomic E-state index is -0.670. The van der Waals surface area contributed by atoms with E-state index in [1.807, 2.05) is 60.3 Å². The van der Waals surface area contributed by atoms with Crippen LogP contribution in [0.4, 0.5) is 10.6 Å². The van der Waals surface area contributed by atoms with E-state index in [0.29, 0.717) is 17.0 Å². The molecule has 2 aliphatic heterocycles. The summed E-state index contributed by atoms with van der Waals surface area (Å²) in [6.45, 7) is 15.0. The van der Waals surface area contributed by atoms with Crippen molar-refractivity contribution in [1.29, 1.82) is 0 Å². The molecule has 0 saturated carbocycles. The maximum Gasteiger partial charge on any atom is 0.410 e. The number of hydrogen-bond donors (Lipinski definition) is 2. The van der Waals surface area contributed by atoms with Crippen LogP contribution in [-0.2, 0) is 9.47 Å². The molecule has 0 aromatic carbocycles. The number of fused-ring (bicyclic) bond motifs is 3. The van der Waals surface area contributed by atoms with Crippen molar-refractivity contribution in [3.63, 3.8) is 0 Å². The van der Waals surface area contributed by atoms with Crippen LogP contribution < -0.4 is 10.9 Å². The Balaban J connectivity index is 1.62. The molecule has 36 heavy (non-hydrogen) atoms. The third-order valence-corrected chi connectivity index (χ3v) is 6.52. The Kier molecular flexibility index (Phi) is 6.59. The van der Waals surface area contributed by atoms with Crippen molar-refractivity contribution in [3.8, 4) is 0 Å². The molecular formula is C26H39N5O5. The summed E-state index contributed by atoms with van der Waals surface area (Å²) >= 11 is 0. The molecule has 2 aromatic heterocycles. The first-order valence-corrected chi connectivity index (χ1v) is 12.8. The molecule has 0 spiro atoms. The summed E-state index contributed by atoms with van der Waals surface area (Å²) in [4.78, 5) is 43.2. The fourth-order valence-electron chi connectivity index (χ4n) is 5.31. The maximum absolute atomic E-state index is 13.0. The van der Waals surface area contributed by atoms with Gasteiger partial charge in [-0.2, -0.15) is 9.61 Å². The molecule has 4 rings (SSSR count). The van der Waals surface area contributed by atoms with Gasteiger partial charge in [0.15, 0.2) is 5.69 Å². The Morgan fingerprint density at radius 3 is 2.17 bits per heavy atom. The lowest BCUT2D eigenvalue weighted by Gasteiger charge is -2.39. The van der Waals surface area contributed by atoms with Crippen LogP contribution in [0.15, 0.2) is 10.9 Å². The molecule has 2 N–H and O–H groups in total. The molecule has 2 saturated heterocycles. The second kappa shape index (κ2) is 9.12. The molecule has 2 bridgehead atoms. The number of hydrogen-bond acceptors (Lipinski definition) is 7. The number of anilines is 1. The SMILES string of the molecule is CC(C)c1c(C(=O)OC(C)(C)C)nn2c(NC3CC4CCC(C3)N4C(=O)OC(C)(C)C)cc(=O)[nH]c12. The zero-order valence-corrected chi connectivity index (χ0v) is 22.6. The normalized spacial score (nSPS) is 22.2. The fourth-order valence-corrected chi connectivity index (χ4v) is 5.31. The molecule has 2 aliphatic rings. The van der Waals surface area contributed by atoms with E-state index in [-0.39, 0.29) is 41.4 Å². The minimum Gasteiger partial charge on any atom is -0.455 e. The number of rotatable bonds is 4. The van der Waals surface area contributed by atoms with E-state index in [4.69, 9.17) is 9.47 Å². The van der Waals surface area contributed by atoms with Crippen LogP contribution in [0, 0.1) is 0 Å². The van der Waals surface area contributed by atoms with Gasteiger partial charge in [0.1, 0.15) is 22.7 Å². The fraction of sp³-hybridized carbons (Fsp3) is 0.692. The van der Waals surface area contributed by atoms with E-state index in [0.717, 1.165) is 25.7 Å². The number of carbonyl (C=O) groups excluding carboxylic acids is 2. The maximum atomic E-state index is 13.0. The summed E-state index contributed by atoms with van der Waals surface area (Å²) in [5.74, 6) is -0.0742. The van der Waals surface area contributed by atoms with Crippen molar-refractivity contribution < 1.29 is 19.1 Å². The molecule has 4 heterocycles. The average Bonchev–Trinajstić information content (AvgIpc) is 3.21. The van der Waals surface area contributed by atoms with Gasteiger partial charge in [-0.1, -0.05) is 13.8 Å². The molecule has 2 fully saturated rings. The number of amides is 1. The highest BCUT2D eigenvalue weighted by Crippen LogP contribution is 2.38. The monoisotopic (exact) mass is 501 g/mol. The van der Waals surface area contributed by atoms with Crippen molar-refractivity contribution in [3.05, 3.63) is 27.7 Å². The highest BCUT2D eigenvalue weighted by atomic mass is 16.6. The third-order valence-electron chi connectivity index (χ3n) is 6.52. The van der Waals surface area contributed by atoms with Gasteiger partial charge >= 0.3 is 12.1 Å². The van der Waals surface area contributed by atoms with Crippen LogP contribution in [0.5, 0.6) is 0 Å². The number of piperidine rings is 1. The van der Waals surface area contributed by atoms with Crippen molar-refractivity contribution in [2.45, 2.75) is 116 Å². The summed E-state index contributed by atoms with van der Waals surface area (Å²) in [6, 6.07) is 1.66. The Bertz CT molecular complexity index is 1200. The quantitative estimate of drug-likeness (QED) is 0.595. The van der Waals surface area contributed by atoms with Gasteiger partial charge in [-0.05, 0) is 73.1 Å². The molecule has 10 nitrogen and oxygen atoms in total. The smallest absolute Gasteiger partial charge is 0.410 e. The first-order chi connectivity index (χ1) is 16.6. The van der Waals surface area contributed by atoms with Crippen molar-refractivity contribution in [1.82, 2.24) is 19.5 Å². The molecule has 1 amide bonds. The van der Waals surface area contributed by atoms with Gasteiger partial charge in [-0.25, -0.2) is 9.59 Å². The van der Waals surface area contributed by atoms with Gasteiger partial charge in [0.05, 0.1) is 0 Å². The standard InChI is InChI=1S/C26H39N5O5/c1-14(2)20-21(23(33)35-25(3,4)5)29-31-18(13-19(32)28-22(20)31)27-15-11-16-9-10-17(12-15)30(16)24(34)36-26(6,7)8/h13-17,27H,9-12H2,1-8H3,(H,28,32). The summed E-state index contributed by atoms with van der Waals surface area (Å²) in [6.07, 6.45) is 3.06. The molecule has 2 unspecified atom stereocenters. The lowest BCUT2D eigenvalue weighted by molar-refractivity contribution is 0.00529. The van der Waals surface area contributed by atoms with Crippen LogP contribution in [-0.4, -0.2) is 60.9 Å². The van der Waals surface area contributed by atoms with Crippen LogP contribution in [0.1, 0.15) is 103 Å². The minimum absolute atomic E-state index is 0.0443. The lowest BCUT2D eigenvalue weighted by atomic mass is 9.97. The average molecular weight is 502 g/mol. The van der Waals surface area contributed by atoms with Gasteiger partial charge in [-0.15, -0.1) is 0 Å². The Labute approximate surface area is 211 Å². The third kappa shape index (κ3) is 5.37. The van der Waals surface area contributed by atoms with E-state index in [9.17, 15) is 14.4 Å². The number of aromatic amines is 1. The second-order valence-electron chi connectivity index (χ2n) is 12.3. The van der Waals surface area contributed by atoms with E-state index < -0.39 is 17.2 Å². The number of nitrogens with zero attached hydrogens (tertiary/aromatic N) is 3. The highest BCUT2D eigenvalue weighted by Gasteiger charge is 2.45. The zero-order valence-electron chi connectivity index (χ0n) is 22.6. The van der Waals surface area contributed by atoms with Crippen LogP contribution in [0.3, 0.4) is 0 Å². The number of carbonyl (C=O) groups is 2. The zero-order chi connectivity index (χ0) is 26.6. The van der Waals surface area contributed by atoms with Gasteiger partial charge in [0.25, 0.3) is 5.56 Å². The molecule has 2 aromatic rings. The topological polar surface area (TPSA) is 118 Å². The van der Waals surface area contributed by atoms with E-state index in [2.05, 4.69) is 15.4 Å². The molecule has 0 radical (unpaired) electrons. The second-order valence-corrected chi connectivity index (χ2v) is 12.3. The first kappa shape index (κ1) is 26.0. The number of esters is 1. The number of aromatic nitrogens is 3. The van der Waals surface area contributed by atoms with Crippen LogP contribution >= 0.6 is 0 Å². The Morgan fingerprint density at radius 2 is 1.64 bits per heavy atom. The number of nitrogens with one attached hydrogen (secondary N) is 2. The lowest BCUT2D eigenvalue weighted by Crippen LogP contribution is -2.51. The van der Waals surface area contributed by atoms with E-state index >= 15 is 0 Å². The largest absolute Gasteiger partial charge is 0.455 e. The van der Waals surface area contributed by atoms with Gasteiger partial charge < -0.3 is 24.7 Å². The Hall–Kier alpha value is -3.04. The van der Waals surface area contributed by atoms with Gasteiger partial charge in [0.2, 0.25) is 0 Å². The number of ether oxygens (including phenoxy) is 2. The molecular weight excluding hydrogens is 462 g/mol. The van der Waals surface area contributed by atoms with Gasteiger partial charge in [0, 0.05) is 29.8 Å². The van der Waals surface area contributed by atoms with Crippen molar-refractivity contribution in [2.75, 3.05) is 5.32 Å². The van der Waals surface area contributed by atoms with E-state index in [1.54, 1.807) is 4.52 Å². The summed E-state index contributed by atoms with van der Waals surface area (Å²) in [5.41, 5.74) is -0.166. The molecule has 198 valence electrons. The van der Waals surface area contributed by atoms with Gasteiger partial charge in [-0.3, -0.25) is 4.79 Å². The summed E-state index contributed by atoms with van der Waals surface area (Å²) in [7, 11) is 0. The number of H-pyrrole nitrogens is 1. The first-order valence-electron chi connectivity index (χ1n) is 12.8. The predicted molar refractivity (Wildman–Crippen MR) is 137 cm³/mol. The summed E-state index contributed by atoms with van der Waals surface area (Å²) < 4.78 is 12.8. The molecule has 0 aliphatic carbocycles. The highest BCUT2D eigenvalue weighted by molar-refractivity contribution is 5.91. The van der Waals surface area contributed by atoms with Crippen LogP contribution in [0.2, 0.25) is 0 Å². The predicted octanol–water partition coefficient (Wildman–Crippen LogP) is 4.44. The van der Waals surface area contributed by atoms with E-state index in [1.165, 1.54) is 6.07 Å². The van der Waals surface area contributed by atoms with Crippen LogP contribution in [0.25, 0.3) is 5.65 Å². The summed E-state index contributed by atoms with van der Waals surface area (Å²) in [5, 5.41) is 8.08. The molecule has 10 heteroatoms. The van der Waals surface area contributed by atoms with Crippen molar-refractivity contribution >= 4 is 23.5 Å². The Morgan fingerprint density at radius 1 is 1.06 bits per heavy atom. The molecule has 2 atom stereocenters. The van der Waals surface area contributed by atoms with Crippen molar-refractivity contribution in [2.24, 2.45) is 0 Å².